The summed E-state index contributed by atoms with van der Waals surface area (Å²) in [5.74, 6) is 1.21. The lowest BCUT2D eigenvalue weighted by Crippen LogP contribution is -2.25. The van der Waals surface area contributed by atoms with Gasteiger partial charge in [-0.05, 0) is 55.2 Å². The maximum Gasteiger partial charge on any atom is 0.118 e. The Morgan fingerprint density at radius 3 is 2.24 bits per heavy atom. The molecule has 2 aromatic rings. The summed E-state index contributed by atoms with van der Waals surface area (Å²) in [5, 5.41) is 12.8. The molecule has 0 fully saturated rings. The van der Waals surface area contributed by atoms with E-state index in [1.54, 1.807) is 19.2 Å². The minimum absolute atomic E-state index is 0.324. The Kier molecular flexibility index (Phi) is 5.64. The van der Waals surface area contributed by atoms with Gasteiger partial charge in [0.05, 0.1) is 7.11 Å². The van der Waals surface area contributed by atoms with Crippen molar-refractivity contribution >= 4 is 0 Å². The second kappa shape index (κ2) is 7.70. The first kappa shape index (κ1) is 15.4. The summed E-state index contributed by atoms with van der Waals surface area (Å²) in [6.07, 6.45) is 2.08. The lowest BCUT2D eigenvalue weighted by atomic mass is 10.1. The monoisotopic (exact) mass is 285 g/mol. The first-order chi connectivity index (χ1) is 10.2. The zero-order chi connectivity index (χ0) is 15.1. The van der Waals surface area contributed by atoms with Gasteiger partial charge in [0.1, 0.15) is 11.5 Å². The van der Waals surface area contributed by atoms with Crippen LogP contribution in [0.25, 0.3) is 0 Å². The zero-order valence-electron chi connectivity index (χ0n) is 12.7. The lowest BCUT2D eigenvalue weighted by Gasteiger charge is -2.14. The highest BCUT2D eigenvalue weighted by molar-refractivity contribution is 5.27. The Balaban J connectivity index is 1.73. The van der Waals surface area contributed by atoms with Crippen LogP contribution >= 0.6 is 0 Å². The molecule has 0 bridgehead atoms. The lowest BCUT2D eigenvalue weighted by molar-refractivity contribution is 0.414. The van der Waals surface area contributed by atoms with Gasteiger partial charge in [-0.3, -0.25) is 0 Å². The van der Waals surface area contributed by atoms with Crippen LogP contribution in [0, 0.1) is 0 Å². The summed E-state index contributed by atoms with van der Waals surface area (Å²) in [6, 6.07) is 16.0. The number of aryl methyl sites for hydroxylation is 1. The average Bonchev–Trinajstić information content (AvgIpc) is 2.53. The molecule has 0 aliphatic rings. The smallest absolute Gasteiger partial charge is 0.118 e. The van der Waals surface area contributed by atoms with Gasteiger partial charge in [-0.25, -0.2) is 0 Å². The van der Waals surface area contributed by atoms with Crippen LogP contribution in [-0.4, -0.2) is 18.3 Å². The molecule has 0 aliphatic carbocycles. The number of benzene rings is 2. The maximum absolute atomic E-state index is 9.26. The summed E-state index contributed by atoms with van der Waals surface area (Å²) >= 11 is 0. The van der Waals surface area contributed by atoms with Crippen molar-refractivity contribution in [3.8, 4) is 11.5 Å². The van der Waals surface area contributed by atoms with Crippen molar-refractivity contribution in [3.05, 3.63) is 59.7 Å². The van der Waals surface area contributed by atoms with E-state index in [9.17, 15) is 5.11 Å². The highest BCUT2D eigenvalue weighted by Gasteiger charge is 2.03. The first-order valence-corrected chi connectivity index (χ1v) is 7.31. The van der Waals surface area contributed by atoms with Crippen LogP contribution in [0.4, 0.5) is 0 Å². The number of ether oxygens (including phenoxy) is 1. The van der Waals surface area contributed by atoms with Gasteiger partial charge < -0.3 is 15.2 Å². The number of methoxy groups -OCH3 is 1. The molecule has 2 rings (SSSR count). The number of rotatable bonds is 7. The van der Waals surface area contributed by atoms with Gasteiger partial charge in [0.2, 0.25) is 0 Å². The second-order valence-electron chi connectivity index (χ2n) is 5.34. The van der Waals surface area contributed by atoms with E-state index in [0.29, 0.717) is 11.8 Å². The molecular formula is C18H23NO2. The van der Waals surface area contributed by atoms with Gasteiger partial charge in [0.25, 0.3) is 0 Å². The van der Waals surface area contributed by atoms with Crippen LogP contribution < -0.4 is 10.1 Å². The molecule has 3 heteroatoms. The first-order valence-electron chi connectivity index (χ1n) is 7.31. The largest absolute Gasteiger partial charge is 0.508 e. The zero-order valence-corrected chi connectivity index (χ0v) is 12.7. The minimum atomic E-state index is 0.324. The van der Waals surface area contributed by atoms with E-state index in [2.05, 4.69) is 24.4 Å². The van der Waals surface area contributed by atoms with Crippen molar-refractivity contribution in [3.63, 3.8) is 0 Å². The van der Waals surface area contributed by atoms with E-state index < -0.39 is 0 Å². The molecule has 0 radical (unpaired) electrons. The number of hydrogen-bond donors (Lipinski definition) is 2. The topological polar surface area (TPSA) is 41.5 Å². The van der Waals surface area contributed by atoms with Crippen LogP contribution in [-0.2, 0) is 13.0 Å². The Hall–Kier alpha value is -2.00. The molecule has 2 N–H and O–H groups in total. The number of hydrogen-bond acceptors (Lipinski definition) is 3. The van der Waals surface area contributed by atoms with E-state index in [1.165, 1.54) is 11.1 Å². The fraction of sp³-hybridized carbons (Fsp3) is 0.333. The van der Waals surface area contributed by atoms with Crippen molar-refractivity contribution in [2.45, 2.75) is 32.4 Å². The Labute approximate surface area is 126 Å². The predicted molar refractivity (Wildman–Crippen MR) is 85.7 cm³/mol. The summed E-state index contributed by atoms with van der Waals surface area (Å²) in [4.78, 5) is 0. The van der Waals surface area contributed by atoms with Crippen molar-refractivity contribution in [1.82, 2.24) is 5.32 Å². The molecule has 0 spiro atoms. The number of aromatic hydroxyl groups is 1. The molecule has 0 aliphatic heterocycles. The molecule has 0 heterocycles. The maximum atomic E-state index is 9.26. The van der Waals surface area contributed by atoms with Crippen LogP contribution in [0.15, 0.2) is 48.5 Å². The summed E-state index contributed by atoms with van der Waals surface area (Å²) in [6.45, 7) is 3.06. The average molecular weight is 285 g/mol. The van der Waals surface area contributed by atoms with Crippen LogP contribution in [0.1, 0.15) is 24.5 Å². The quantitative estimate of drug-likeness (QED) is 0.818. The molecule has 0 amide bonds. The van der Waals surface area contributed by atoms with Gasteiger partial charge in [-0.2, -0.15) is 0 Å². The SMILES string of the molecule is COc1ccc(CNC(C)CCc2ccc(O)cc2)cc1. The third kappa shape index (κ3) is 5.12. The fourth-order valence-electron chi connectivity index (χ4n) is 2.18. The Morgan fingerprint density at radius 1 is 1.00 bits per heavy atom. The number of phenolic OH excluding ortho intramolecular Hbond substituents is 1. The van der Waals surface area contributed by atoms with E-state index in [-0.39, 0.29) is 0 Å². The van der Waals surface area contributed by atoms with Crippen molar-refractivity contribution < 1.29 is 9.84 Å². The van der Waals surface area contributed by atoms with E-state index >= 15 is 0 Å². The highest BCUT2D eigenvalue weighted by Crippen LogP contribution is 2.13. The molecule has 0 saturated heterocycles. The third-order valence-corrected chi connectivity index (χ3v) is 3.62. The fourth-order valence-corrected chi connectivity index (χ4v) is 2.18. The van der Waals surface area contributed by atoms with Crippen molar-refractivity contribution in [1.29, 1.82) is 0 Å². The van der Waals surface area contributed by atoms with Gasteiger partial charge in [-0.15, -0.1) is 0 Å². The Morgan fingerprint density at radius 2 is 1.62 bits per heavy atom. The van der Waals surface area contributed by atoms with Gasteiger partial charge in [0.15, 0.2) is 0 Å². The van der Waals surface area contributed by atoms with Crippen molar-refractivity contribution in [2.24, 2.45) is 0 Å². The molecule has 112 valence electrons. The second-order valence-corrected chi connectivity index (χ2v) is 5.34. The molecule has 0 aromatic heterocycles. The predicted octanol–water partition coefficient (Wildman–Crippen LogP) is 3.51. The van der Waals surface area contributed by atoms with E-state index in [1.807, 2.05) is 24.3 Å². The molecule has 3 nitrogen and oxygen atoms in total. The third-order valence-electron chi connectivity index (χ3n) is 3.62. The van der Waals surface area contributed by atoms with Crippen LogP contribution in [0.5, 0.6) is 11.5 Å². The standard InChI is InChI=1S/C18H23NO2/c1-14(3-4-15-5-9-17(20)10-6-15)19-13-16-7-11-18(21-2)12-8-16/h5-12,14,19-20H,3-4,13H2,1-2H3. The molecule has 2 aromatic carbocycles. The normalized spacial score (nSPS) is 12.1. The molecule has 1 atom stereocenters. The molecular weight excluding hydrogens is 262 g/mol. The highest BCUT2D eigenvalue weighted by atomic mass is 16.5. The molecule has 1 unspecified atom stereocenters. The molecule has 21 heavy (non-hydrogen) atoms. The van der Waals surface area contributed by atoms with E-state index in [4.69, 9.17) is 4.74 Å². The van der Waals surface area contributed by atoms with Gasteiger partial charge >= 0.3 is 0 Å². The van der Waals surface area contributed by atoms with Crippen LogP contribution in [0.2, 0.25) is 0 Å². The summed E-state index contributed by atoms with van der Waals surface area (Å²) in [7, 11) is 1.68. The molecule has 0 saturated carbocycles. The summed E-state index contributed by atoms with van der Waals surface area (Å²) in [5.41, 5.74) is 2.51. The summed E-state index contributed by atoms with van der Waals surface area (Å²) < 4.78 is 5.15. The van der Waals surface area contributed by atoms with E-state index in [0.717, 1.165) is 25.1 Å². The van der Waals surface area contributed by atoms with Gasteiger partial charge in [0, 0.05) is 12.6 Å². The number of phenols is 1. The van der Waals surface area contributed by atoms with Crippen LogP contribution in [0.3, 0.4) is 0 Å². The van der Waals surface area contributed by atoms with Crippen molar-refractivity contribution in [2.75, 3.05) is 7.11 Å². The number of nitrogens with one attached hydrogen (secondary N) is 1. The Bertz CT molecular complexity index is 534. The minimum Gasteiger partial charge on any atom is -0.508 e. The van der Waals surface area contributed by atoms with Gasteiger partial charge in [-0.1, -0.05) is 24.3 Å².